The second-order valence-corrected chi connectivity index (χ2v) is 3.37. The Hall–Kier alpha value is -1.82. The predicted octanol–water partition coefficient (Wildman–Crippen LogP) is 1.98. The zero-order chi connectivity index (χ0) is 11.5. The van der Waals surface area contributed by atoms with Crippen molar-refractivity contribution in [3.8, 4) is 5.75 Å². The van der Waals surface area contributed by atoms with Crippen molar-refractivity contribution in [3.63, 3.8) is 0 Å². The number of halogens is 1. The van der Waals surface area contributed by atoms with Gasteiger partial charge in [0.2, 0.25) is 0 Å². The third kappa shape index (κ3) is 3.07. The standard InChI is InChI=1S/C11H10N2O3.BrH/c14-9-5-7(1-2-8(9)11(15)16)6-10-12-3-4-13-10;/h1-5,14H,6H2,(H,12,13)(H,15,16);1H. The Morgan fingerprint density at radius 3 is 2.71 bits per heavy atom. The summed E-state index contributed by atoms with van der Waals surface area (Å²) in [6, 6.07) is 4.48. The number of aromatic carboxylic acids is 1. The molecule has 2 aromatic rings. The number of phenols is 1. The van der Waals surface area contributed by atoms with Crippen LogP contribution in [0.25, 0.3) is 0 Å². The number of benzene rings is 1. The van der Waals surface area contributed by atoms with Crippen LogP contribution in [0.1, 0.15) is 21.7 Å². The number of carbonyl (C=O) groups is 1. The highest BCUT2D eigenvalue weighted by Crippen LogP contribution is 2.19. The molecule has 0 saturated heterocycles. The summed E-state index contributed by atoms with van der Waals surface area (Å²) in [6.07, 6.45) is 3.88. The van der Waals surface area contributed by atoms with E-state index in [0.29, 0.717) is 6.42 Å². The molecule has 0 aliphatic rings. The molecule has 2 rings (SSSR count). The summed E-state index contributed by atoms with van der Waals surface area (Å²) >= 11 is 0. The van der Waals surface area contributed by atoms with Crippen LogP contribution in [0.3, 0.4) is 0 Å². The van der Waals surface area contributed by atoms with Crippen LogP contribution in [0.4, 0.5) is 0 Å². The van der Waals surface area contributed by atoms with Crippen LogP contribution in [-0.4, -0.2) is 26.2 Å². The molecule has 0 bridgehead atoms. The lowest BCUT2D eigenvalue weighted by Crippen LogP contribution is -1.98. The zero-order valence-corrected chi connectivity index (χ0v) is 10.5. The Balaban J connectivity index is 0.00000144. The van der Waals surface area contributed by atoms with Crippen molar-refractivity contribution < 1.29 is 15.0 Å². The number of aromatic hydroxyl groups is 1. The van der Waals surface area contributed by atoms with E-state index in [2.05, 4.69) is 9.97 Å². The smallest absolute Gasteiger partial charge is 0.339 e. The molecular formula is C11H11BrN2O3. The third-order valence-electron chi connectivity index (χ3n) is 2.22. The third-order valence-corrected chi connectivity index (χ3v) is 2.22. The Morgan fingerprint density at radius 2 is 2.18 bits per heavy atom. The van der Waals surface area contributed by atoms with Crippen molar-refractivity contribution in [2.75, 3.05) is 0 Å². The molecule has 6 heteroatoms. The van der Waals surface area contributed by atoms with Gasteiger partial charge >= 0.3 is 5.97 Å². The first-order valence-electron chi connectivity index (χ1n) is 4.70. The summed E-state index contributed by atoms with van der Waals surface area (Å²) in [5.41, 5.74) is 0.709. The Labute approximate surface area is 108 Å². The van der Waals surface area contributed by atoms with Gasteiger partial charge in [-0.05, 0) is 17.7 Å². The fourth-order valence-electron chi connectivity index (χ4n) is 1.46. The maximum absolute atomic E-state index is 10.7. The second-order valence-electron chi connectivity index (χ2n) is 3.37. The van der Waals surface area contributed by atoms with E-state index in [0.717, 1.165) is 11.4 Å². The van der Waals surface area contributed by atoms with Crippen LogP contribution in [0.2, 0.25) is 0 Å². The van der Waals surface area contributed by atoms with E-state index in [1.165, 1.54) is 12.1 Å². The average molecular weight is 299 g/mol. The van der Waals surface area contributed by atoms with Crippen LogP contribution >= 0.6 is 17.0 Å². The van der Waals surface area contributed by atoms with E-state index in [-0.39, 0.29) is 28.3 Å². The molecule has 0 amide bonds. The fraction of sp³-hybridized carbons (Fsp3) is 0.0909. The van der Waals surface area contributed by atoms with Crippen LogP contribution < -0.4 is 0 Å². The summed E-state index contributed by atoms with van der Waals surface area (Å²) in [6.45, 7) is 0. The molecule has 0 aliphatic carbocycles. The predicted molar refractivity (Wildman–Crippen MR) is 66.8 cm³/mol. The molecule has 0 fully saturated rings. The molecule has 1 heterocycles. The lowest BCUT2D eigenvalue weighted by Gasteiger charge is -2.02. The molecule has 0 unspecified atom stereocenters. The highest BCUT2D eigenvalue weighted by Gasteiger charge is 2.10. The van der Waals surface area contributed by atoms with Gasteiger partial charge in [0.05, 0.1) is 0 Å². The number of hydrogen-bond acceptors (Lipinski definition) is 3. The van der Waals surface area contributed by atoms with Crippen molar-refractivity contribution in [2.24, 2.45) is 0 Å². The van der Waals surface area contributed by atoms with Crippen LogP contribution in [0.15, 0.2) is 30.6 Å². The van der Waals surface area contributed by atoms with Crippen LogP contribution in [0, 0.1) is 0 Å². The maximum Gasteiger partial charge on any atom is 0.339 e. The van der Waals surface area contributed by atoms with Crippen molar-refractivity contribution >= 4 is 23.0 Å². The molecule has 0 spiro atoms. The molecular weight excluding hydrogens is 288 g/mol. The van der Waals surface area contributed by atoms with Gasteiger partial charge in [0.15, 0.2) is 0 Å². The van der Waals surface area contributed by atoms with Gasteiger partial charge in [-0.15, -0.1) is 17.0 Å². The Morgan fingerprint density at radius 1 is 1.41 bits per heavy atom. The number of nitrogens with zero attached hydrogens (tertiary/aromatic N) is 1. The molecule has 1 aromatic carbocycles. The van der Waals surface area contributed by atoms with Gasteiger partial charge in [-0.1, -0.05) is 6.07 Å². The van der Waals surface area contributed by atoms with Gasteiger partial charge in [-0.25, -0.2) is 9.78 Å². The van der Waals surface area contributed by atoms with Crippen molar-refractivity contribution in [2.45, 2.75) is 6.42 Å². The van der Waals surface area contributed by atoms with Crippen molar-refractivity contribution in [1.82, 2.24) is 9.97 Å². The summed E-state index contributed by atoms with van der Waals surface area (Å²) in [4.78, 5) is 17.7. The minimum Gasteiger partial charge on any atom is -0.507 e. The summed E-state index contributed by atoms with van der Waals surface area (Å²) in [5.74, 6) is -0.596. The monoisotopic (exact) mass is 298 g/mol. The van der Waals surface area contributed by atoms with E-state index in [9.17, 15) is 9.90 Å². The van der Waals surface area contributed by atoms with Gasteiger partial charge in [0.1, 0.15) is 17.1 Å². The molecule has 0 aliphatic heterocycles. The highest BCUT2D eigenvalue weighted by atomic mass is 79.9. The summed E-state index contributed by atoms with van der Waals surface area (Å²) in [7, 11) is 0. The quantitative estimate of drug-likeness (QED) is 0.809. The molecule has 0 atom stereocenters. The SMILES string of the molecule is Br.O=C(O)c1ccc(Cc2ncc[nH]2)cc1O. The largest absolute Gasteiger partial charge is 0.507 e. The Bertz CT molecular complexity index is 511. The number of aromatic amines is 1. The molecule has 3 N–H and O–H groups in total. The number of imidazole rings is 1. The first kappa shape index (κ1) is 13.2. The number of carboxylic acids is 1. The van der Waals surface area contributed by atoms with E-state index >= 15 is 0 Å². The number of H-pyrrole nitrogens is 1. The first-order valence-corrected chi connectivity index (χ1v) is 4.70. The van der Waals surface area contributed by atoms with Crippen LogP contribution in [-0.2, 0) is 6.42 Å². The minimum atomic E-state index is -1.14. The molecule has 1 aromatic heterocycles. The molecule has 90 valence electrons. The second kappa shape index (κ2) is 5.49. The number of hydrogen-bond donors (Lipinski definition) is 3. The average Bonchev–Trinajstić information content (AvgIpc) is 2.70. The Kier molecular flexibility index (Phi) is 4.28. The molecule has 5 nitrogen and oxygen atoms in total. The van der Waals surface area contributed by atoms with E-state index in [1.807, 2.05) is 0 Å². The summed E-state index contributed by atoms with van der Waals surface area (Å²) < 4.78 is 0. The van der Waals surface area contributed by atoms with E-state index in [4.69, 9.17) is 5.11 Å². The number of aromatic nitrogens is 2. The topological polar surface area (TPSA) is 86.2 Å². The highest BCUT2D eigenvalue weighted by molar-refractivity contribution is 8.93. The molecule has 17 heavy (non-hydrogen) atoms. The van der Waals surface area contributed by atoms with E-state index in [1.54, 1.807) is 18.5 Å². The lowest BCUT2D eigenvalue weighted by molar-refractivity contribution is 0.0693. The van der Waals surface area contributed by atoms with Gasteiger partial charge < -0.3 is 15.2 Å². The summed E-state index contributed by atoms with van der Waals surface area (Å²) in [5, 5.41) is 18.2. The first-order chi connectivity index (χ1) is 7.66. The molecule has 0 saturated carbocycles. The number of carboxylic acid groups (broad SMARTS) is 1. The van der Waals surface area contributed by atoms with Crippen molar-refractivity contribution in [1.29, 1.82) is 0 Å². The van der Waals surface area contributed by atoms with Crippen molar-refractivity contribution in [3.05, 3.63) is 47.5 Å². The van der Waals surface area contributed by atoms with Crippen LogP contribution in [0.5, 0.6) is 5.75 Å². The zero-order valence-electron chi connectivity index (χ0n) is 8.75. The lowest BCUT2D eigenvalue weighted by atomic mass is 10.1. The van der Waals surface area contributed by atoms with Gasteiger partial charge in [0, 0.05) is 18.8 Å². The number of rotatable bonds is 3. The number of nitrogens with one attached hydrogen (secondary N) is 1. The fourth-order valence-corrected chi connectivity index (χ4v) is 1.46. The van der Waals surface area contributed by atoms with Gasteiger partial charge in [-0.2, -0.15) is 0 Å². The maximum atomic E-state index is 10.7. The molecule has 0 radical (unpaired) electrons. The van der Waals surface area contributed by atoms with Gasteiger partial charge in [0.25, 0.3) is 0 Å². The van der Waals surface area contributed by atoms with E-state index < -0.39 is 5.97 Å². The van der Waals surface area contributed by atoms with Gasteiger partial charge in [-0.3, -0.25) is 0 Å². The normalized spacial score (nSPS) is 9.65. The minimum absolute atomic E-state index is 0.